The second kappa shape index (κ2) is 6.40. The van der Waals surface area contributed by atoms with Crippen molar-refractivity contribution in [3.8, 4) is 10.8 Å². The Balaban J connectivity index is 1.55. The van der Waals surface area contributed by atoms with E-state index in [2.05, 4.69) is 10.2 Å². The molecule has 1 saturated heterocycles. The molecule has 4 heterocycles. The molecule has 0 radical (unpaired) electrons. The number of rotatable bonds is 4. The lowest BCUT2D eigenvalue weighted by Crippen LogP contribution is -2.38. The van der Waals surface area contributed by atoms with Crippen LogP contribution in [0.25, 0.3) is 10.8 Å². The molecule has 1 aliphatic rings. The summed E-state index contributed by atoms with van der Waals surface area (Å²) in [5, 5.41) is 12.0. The van der Waals surface area contributed by atoms with E-state index in [1.807, 2.05) is 17.5 Å². The standard InChI is InChI=1S/C15H15N3O3S3/c19-24(20,13-6-3-9-23-13)18-7-1-4-11(10-18)14-16-17-15(21-14)12-5-2-8-22-12/h2-3,5-6,8-9,11H,1,4,7,10H2. The molecule has 3 aromatic rings. The van der Waals surface area contributed by atoms with Crippen LogP contribution in [0.3, 0.4) is 0 Å². The van der Waals surface area contributed by atoms with Gasteiger partial charge in [0.15, 0.2) is 0 Å². The Morgan fingerprint density at radius 3 is 2.75 bits per heavy atom. The molecule has 0 saturated carbocycles. The van der Waals surface area contributed by atoms with Gasteiger partial charge in [-0.15, -0.1) is 32.9 Å². The number of thiophene rings is 2. The van der Waals surface area contributed by atoms with Crippen molar-refractivity contribution in [3.05, 3.63) is 40.9 Å². The van der Waals surface area contributed by atoms with E-state index in [0.717, 1.165) is 17.7 Å². The Morgan fingerprint density at radius 2 is 2.00 bits per heavy atom. The molecule has 0 aliphatic carbocycles. The van der Waals surface area contributed by atoms with E-state index in [1.165, 1.54) is 27.0 Å². The van der Waals surface area contributed by atoms with Crippen molar-refractivity contribution in [3.63, 3.8) is 0 Å². The zero-order valence-electron chi connectivity index (χ0n) is 12.7. The molecule has 24 heavy (non-hydrogen) atoms. The number of hydrogen-bond acceptors (Lipinski definition) is 7. The average Bonchev–Trinajstić information content (AvgIpc) is 3.36. The third kappa shape index (κ3) is 2.92. The summed E-state index contributed by atoms with van der Waals surface area (Å²) in [5.41, 5.74) is 0. The Kier molecular flexibility index (Phi) is 4.25. The Bertz CT molecular complexity index is 901. The molecule has 0 spiro atoms. The van der Waals surface area contributed by atoms with Gasteiger partial charge in [0, 0.05) is 13.1 Å². The highest BCUT2D eigenvalue weighted by molar-refractivity contribution is 7.91. The van der Waals surface area contributed by atoms with Crippen molar-refractivity contribution in [2.24, 2.45) is 0 Å². The van der Waals surface area contributed by atoms with E-state index in [9.17, 15) is 8.42 Å². The molecule has 4 rings (SSSR count). The van der Waals surface area contributed by atoms with Crippen LogP contribution in [0, 0.1) is 0 Å². The molecular formula is C15H15N3O3S3. The molecule has 126 valence electrons. The number of nitrogens with zero attached hydrogens (tertiary/aromatic N) is 3. The summed E-state index contributed by atoms with van der Waals surface area (Å²) < 4.78 is 33.1. The topological polar surface area (TPSA) is 76.3 Å². The third-order valence-corrected chi connectivity index (χ3v) is 8.09. The van der Waals surface area contributed by atoms with E-state index in [4.69, 9.17) is 4.42 Å². The summed E-state index contributed by atoms with van der Waals surface area (Å²) in [6.45, 7) is 0.912. The van der Waals surface area contributed by atoms with Gasteiger partial charge in [-0.3, -0.25) is 0 Å². The lowest BCUT2D eigenvalue weighted by molar-refractivity contribution is 0.286. The summed E-state index contributed by atoms with van der Waals surface area (Å²) in [5.74, 6) is 0.956. The monoisotopic (exact) mass is 381 g/mol. The van der Waals surface area contributed by atoms with E-state index in [1.54, 1.807) is 17.5 Å². The fraction of sp³-hybridized carbons (Fsp3) is 0.333. The fourth-order valence-electron chi connectivity index (χ4n) is 2.80. The summed E-state index contributed by atoms with van der Waals surface area (Å²) in [6.07, 6.45) is 1.63. The molecule has 1 aliphatic heterocycles. The van der Waals surface area contributed by atoms with Gasteiger partial charge in [0.1, 0.15) is 4.21 Å². The van der Waals surface area contributed by atoms with Crippen LogP contribution in [0.2, 0.25) is 0 Å². The summed E-state index contributed by atoms with van der Waals surface area (Å²) in [4.78, 5) is 0.924. The van der Waals surface area contributed by atoms with Gasteiger partial charge in [-0.25, -0.2) is 8.42 Å². The first kappa shape index (κ1) is 15.9. The molecule has 3 aromatic heterocycles. The van der Waals surface area contributed by atoms with Crippen LogP contribution in [0.4, 0.5) is 0 Å². The van der Waals surface area contributed by atoms with Crippen LogP contribution in [-0.4, -0.2) is 36.0 Å². The quantitative estimate of drug-likeness (QED) is 0.692. The lowest BCUT2D eigenvalue weighted by Gasteiger charge is -2.29. The van der Waals surface area contributed by atoms with Gasteiger partial charge in [0.2, 0.25) is 5.89 Å². The lowest BCUT2D eigenvalue weighted by atomic mass is 10.00. The van der Waals surface area contributed by atoms with Gasteiger partial charge in [-0.2, -0.15) is 4.31 Å². The third-order valence-electron chi connectivity index (χ3n) is 4.00. The SMILES string of the molecule is O=S(=O)(c1cccs1)N1CCCC(c2nnc(-c3cccs3)o2)C1. The molecule has 1 fully saturated rings. The summed E-state index contributed by atoms with van der Waals surface area (Å²) in [7, 11) is -3.43. The molecule has 0 amide bonds. The maximum atomic E-state index is 12.7. The smallest absolute Gasteiger partial charge is 0.257 e. The molecule has 9 heteroatoms. The minimum atomic E-state index is -3.43. The molecule has 6 nitrogen and oxygen atoms in total. The van der Waals surface area contributed by atoms with Crippen molar-refractivity contribution < 1.29 is 12.8 Å². The largest absolute Gasteiger partial charge is 0.420 e. The first-order valence-corrected chi connectivity index (χ1v) is 10.8. The maximum absolute atomic E-state index is 12.7. The van der Waals surface area contributed by atoms with Crippen molar-refractivity contribution in [1.29, 1.82) is 0 Å². The van der Waals surface area contributed by atoms with Crippen LogP contribution >= 0.6 is 22.7 Å². The highest BCUT2D eigenvalue weighted by atomic mass is 32.2. The van der Waals surface area contributed by atoms with Crippen LogP contribution < -0.4 is 0 Å². The Labute approximate surface area is 147 Å². The van der Waals surface area contributed by atoms with Gasteiger partial charge < -0.3 is 4.42 Å². The number of hydrogen-bond donors (Lipinski definition) is 0. The Hall–Kier alpha value is -1.55. The van der Waals surface area contributed by atoms with Crippen molar-refractivity contribution >= 4 is 32.7 Å². The minimum Gasteiger partial charge on any atom is -0.420 e. The first-order chi connectivity index (χ1) is 11.6. The molecule has 1 atom stereocenters. The van der Waals surface area contributed by atoms with Crippen molar-refractivity contribution in [2.75, 3.05) is 13.1 Å². The highest BCUT2D eigenvalue weighted by Gasteiger charge is 2.33. The highest BCUT2D eigenvalue weighted by Crippen LogP contribution is 2.32. The van der Waals surface area contributed by atoms with Crippen LogP contribution in [0.15, 0.2) is 43.7 Å². The predicted molar refractivity (Wildman–Crippen MR) is 92.7 cm³/mol. The second-order valence-electron chi connectivity index (χ2n) is 5.56. The van der Waals surface area contributed by atoms with Gasteiger partial charge in [0.25, 0.3) is 15.9 Å². The van der Waals surface area contributed by atoms with Gasteiger partial charge in [-0.05, 0) is 35.7 Å². The van der Waals surface area contributed by atoms with Gasteiger partial charge in [0.05, 0.1) is 10.8 Å². The average molecular weight is 382 g/mol. The number of piperidine rings is 1. The molecule has 0 aromatic carbocycles. The maximum Gasteiger partial charge on any atom is 0.257 e. The minimum absolute atomic E-state index is 0.0605. The predicted octanol–water partition coefficient (Wildman–Crippen LogP) is 3.43. The second-order valence-corrected chi connectivity index (χ2v) is 9.62. The van der Waals surface area contributed by atoms with Gasteiger partial charge in [-0.1, -0.05) is 12.1 Å². The van der Waals surface area contributed by atoms with E-state index in [0.29, 0.717) is 29.1 Å². The fourth-order valence-corrected chi connectivity index (χ4v) is 6.11. The zero-order chi connectivity index (χ0) is 16.6. The summed E-state index contributed by atoms with van der Waals surface area (Å²) in [6, 6.07) is 7.26. The van der Waals surface area contributed by atoms with Crippen molar-refractivity contribution in [2.45, 2.75) is 23.0 Å². The van der Waals surface area contributed by atoms with Crippen LogP contribution in [0.1, 0.15) is 24.7 Å². The first-order valence-electron chi connectivity index (χ1n) is 7.55. The number of sulfonamides is 1. The van der Waals surface area contributed by atoms with Crippen LogP contribution in [-0.2, 0) is 10.0 Å². The molecular weight excluding hydrogens is 366 g/mol. The number of aromatic nitrogens is 2. The Morgan fingerprint density at radius 1 is 1.17 bits per heavy atom. The normalized spacial score (nSPS) is 19.6. The van der Waals surface area contributed by atoms with E-state index in [-0.39, 0.29) is 5.92 Å². The zero-order valence-corrected chi connectivity index (χ0v) is 15.1. The molecule has 0 N–H and O–H groups in total. The van der Waals surface area contributed by atoms with E-state index < -0.39 is 10.0 Å². The van der Waals surface area contributed by atoms with Crippen LogP contribution in [0.5, 0.6) is 0 Å². The van der Waals surface area contributed by atoms with Crippen molar-refractivity contribution in [1.82, 2.24) is 14.5 Å². The summed E-state index contributed by atoms with van der Waals surface area (Å²) >= 11 is 2.78. The van der Waals surface area contributed by atoms with Gasteiger partial charge >= 0.3 is 0 Å². The van der Waals surface area contributed by atoms with E-state index >= 15 is 0 Å². The molecule has 1 unspecified atom stereocenters. The molecule has 0 bridgehead atoms.